The Morgan fingerprint density at radius 3 is 3.08 bits per heavy atom. The highest BCUT2D eigenvalue weighted by Gasteiger charge is 2.13. The van der Waals surface area contributed by atoms with Gasteiger partial charge in [0.05, 0.1) is 17.0 Å². The summed E-state index contributed by atoms with van der Waals surface area (Å²) in [6.45, 7) is 0.966. The molecule has 1 amide bonds. The summed E-state index contributed by atoms with van der Waals surface area (Å²) in [4.78, 5) is 23.8. The van der Waals surface area contributed by atoms with Gasteiger partial charge in [0.1, 0.15) is 6.07 Å². The summed E-state index contributed by atoms with van der Waals surface area (Å²) < 4.78 is 6.42. The first-order chi connectivity index (χ1) is 12.0. The Balaban J connectivity index is 1.98. The van der Waals surface area contributed by atoms with Crippen molar-refractivity contribution in [2.45, 2.75) is 18.1 Å². The van der Waals surface area contributed by atoms with Crippen molar-refractivity contribution >= 4 is 35.0 Å². The number of carbonyl (C=O) groups excluding carboxylic acids is 1. The molecule has 0 saturated heterocycles. The summed E-state index contributed by atoms with van der Waals surface area (Å²) in [5, 5.41) is 18.8. The quantitative estimate of drug-likeness (QED) is 0.533. The fourth-order valence-electron chi connectivity index (χ4n) is 2.01. The number of methoxy groups -OCH3 is 1. The van der Waals surface area contributed by atoms with Crippen molar-refractivity contribution in [3.8, 4) is 6.07 Å². The van der Waals surface area contributed by atoms with Gasteiger partial charge in [0, 0.05) is 25.3 Å². The van der Waals surface area contributed by atoms with Crippen LogP contribution in [0, 0.1) is 11.3 Å². The van der Waals surface area contributed by atoms with E-state index in [1.807, 2.05) is 6.07 Å². The van der Waals surface area contributed by atoms with Gasteiger partial charge in [-0.05, 0) is 24.6 Å². The highest BCUT2D eigenvalue weighted by Crippen LogP contribution is 2.21. The smallest absolute Gasteiger partial charge is 0.343 e. The van der Waals surface area contributed by atoms with Gasteiger partial charge in [-0.3, -0.25) is 9.36 Å². The number of hydrogen-bond donors (Lipinski definition) is 2. The molecule has 25 heavy (non-hydrogen) atoms. The number of aromatic nitrogens is 3. The maximum atomic E-state index is 12.1. The van der Waals surface area contributed by atoms with E-state index in [2.05, 4.69) is 15.5 Å². The highest BCUT2D eigenvalue weighted by molar-refractivity contribution is 7.99. The van der Waals surface area contributed by atoms with Crippen LogP contribution in [0.3, 0.4) is 0 Å². The molecule has 0 aliphatic heterocycles. The van der Waals surface area contributed by atoms with E-state index in [0.29, 0.717) is 41.0 Å². The number of rotatable bonds is 8. The van der Waals surface area contributed by atoms with Crippen molar-refractivity contribution in [1.29, 1.82) is 5.26 Å². The molecular weight excluding hydrogens is 366 g/mol. The van der Waals surface area contributed by atoms with Crippen LogP contribution in [0.2, 0.25) is 5.02 Å². The van der Waals surface area contributed by atoms with E-state index >= 15 is 0 Å². The first-order valence-electron chi connectivity index (χ1n) is 7.31. The number of H-pyrrole nitrogens is 1. The molecule has 1 aromatic heterocycles. The van der Waals surface area contributed by atoms with Gasteiger partial charge in [-0.25, -0.2) is 9.89 Å². The average Bonchev–Trinajstić information content (AvgIpc) is 2.94. The summed E-state index contributed by atoms with van der Waals surface area (Å²) in [5.41, 5.74) is 0.333. The molecule has 1 heterocycles. The third-order valence-corrected chi connectivity index (χ3v) is 4.37. The molecule has 0 aliphatic carbocycles. The molecule has 0 fully saturated rings. The molecule has 2 N–H and O–H groups in total. The third kappa shape index (κ3) is 5.35. The monoisotopic (exact) mass is 381 g/mol. The fourth-order valence-corrected chi connectivity index (χ4v) is 2.96. The number of nitrogens with zero attached hydrogens (tertiary/aromatic N) is 3. The van der Waals surface area contributed by atoms with Crippen LogP contribution in [0.25, 0.3) is 0 Å². The summed E-state index contributed by atoms with van der Waals surface area (Å²) >= 11 is 7.01. The lowest BCUT2D eigenvalue weighted by Crippen LogP contribution is -2.19. The third-order valence-electron chi connectivity index (χ3n) is 3.16. The van der Waals surface area contributed by atoms with Crippen LogP contribution >= 0.6 is 23.4 Å². The van der Waals surface area contributed by atoms with E-state index in [9.17, 15) is 9.59 Å². The summed E-state index contributed by atoms with van der Waals surface area (Å²) in [6.07, 6.45) is 0.656. The largest absolute Gasteiger partial charge is 0.385 e. The maximum absolute atomic E-state index is 12.1. The Bertz CT molecular complexity index is 842. The molecule has 0 saturated carbocycles. The number of carbonyl (C=O) groups is 1. The first kappa shape index (κ1) is 19.1. The zero-order valence-electron chi connectivity index (χ0n) is 13.4. The zero-order chi connectivity index (χ0) is 18.2. The second-order valence-corrected chi connectivity index (χ2v) is 6.33. The Kier molecular flexibility index (Phi) is 7.06. The van der Waals surface area contributed by atoms with E-state index in [4.69, 9.17) is 21.6 Å². The minimum atomic E-state index is -0.333. The Morgan fingerprint density at radius 2 is 2.36 bits per heavy atom. The van der Waals surface area contributed by atoms with Gasteiger partial charge in [-0.15, -0.1) is 5.10 Å². The lowest BCUT2D eigenvalue weighted by Gasteiger charge is -2.08. The van der Waals surface area contributed by atoms with E-state index in [0.717, 1.165) is 11.8 Å². The van der Waals surface area contributed by atoms with Crippen molar-refractivity contribution in [2.24, 2.45) is 0 Å². The van der Waals surface area contributed by atoms with Crippen LogP contribution in [-0.4, -0.2) is 40.1 Å². The van der Waals surface area contributed by atoms with Crippen LogP contribution in [0.4, 0.5) is 5.69 Å². The number of ether oxygens (including phenoxy) is 1. The molecule has 10 heteroatoms. The molecule has 0 atom stereocenters. The van der Waals surface area contributed by atoms with Gasteiger partial charge in [0.2, 0.25) is 5.91 Å². The number of thioether (sulfide) groups is 1. The summed E-state index contributed by atoms with van der Waals surface area (Å²) in [6, 6.07) is 6.61. The second kappa shape index (κ2) is 9.27. The summed E-state index contributed by atoms with van der Waals surface area (Å²) in [5.74, 6) is -0.297. The van der Waals surface area contributed by atoms with E-state index in [1.54, 1.807) is 13.2 Å². The Morgan fingerprint density at radius 1 is 1.56 bits per heavy atom. The van der Waals surface area contributed by atoms with Crippen LogP contribution in [-0.2, 0) is 16.1 Å². The molecule has 132 valence electrons. The Hall–Kier alpha value is -2.28. The van der Waals surface area contributed by atoms with Gasteiger partial charge in [0.25, 0.3) is 0 Å². The minimum absolute atomic E-state index is 0.0337. The average molecular weight is 382 g/mol. The number of hydrogen-bond acceptors (Lipinski definition) is 6. The molecule has 1 aromatic carbocycles. The van der Waals surface area contributed by atoms with Crippen molar-refractivity contribution in [1.82, 2.24) is 14.8 Å². The van der Waals surface area contributed by atoms with Crippen LogP contribution in [0.1, 0.15) is 12.0 Å². The molecular formula is C15H16ClN5O3S. The molecule has 0 radical (unpaired) electrons. The molecule has 0 aliphatic rings. The minimum Gasteiger partial charge on any atom is -0.385 e. The lowest BCUT2D eigenvalue weighted by atomic mass is 10.2. The van der Waals surface area contributed by atoms with Crippen molar-refractivity contribution in [3.05, 3.63) is 39.3 Å². The SMILES string of the molecule is COCCCn1c(SCC(=O)Nc2cc(Cl)ccc2C#N)n[nH]c1=O. The number of nitriles is 1. The first-order valence-corrected chi connectivity index (χ1v) is 8.68. The fraction of sp³-hybridized carbons (Fsp3) is 0.333. The van der Waals surface area contributed by atoms with Crippen LogP contribution in [0.15, 0.2) is 28.2 Å². The molecule has 0 spiro atoms. The predicted molar refractivity (Wildman–Crippen MR) is 94.9 cm³/mol. The summed E-state index contributed by atoms with van der Waals surface area (Å²) in [7, 11) is 1.59. The van der Waals surface area contributed by atoms with Gasteiger partial charge < -0.3 is 10.1 Å². The van der Waals surface area contributed by atoms with Gasteiger partial charge in [0.15, 0.2) is 5.16 Å². The topological polar surface area (TPSA) is 113 Å². The highest BCUT2D eigenvalue weighted by atomic mass is 35.5. The maximum Gasteiger partial charge on any atom is 0.343 e. The number of benzene rings is 1. The molecule has 2 rings (SSSR count). The van der Waals surface area contributed by atoms with E-state index < -0.39 is 0 Å². The number of amides is 1. The van der Waals surface area contributed by atoms with Crippen LogP contribution in [0.5, 0.6) is 0 Å². The molecule has 2 aromatic rings. The number of nitrogens with one attached hydrogen (secondary N) is 2. The molecule has 0 unspecified atom stereocenters. The van der Waals surface area contributed by atoms with Crippen molar-refractivity contribution in [2.75, 3.05) is 24.8 Å². The zero-order valence-corrected chi connectivity index (χ0v) is 15.0. The van der Waals surface area contributed by atoms with E-state index in [-0.39, 0.29) is 17.3 Å². The number of aromatic amines is 1. The van der Waals surface area contributed by atoms with Gasteiger partial charge in [-0.2, -0.15) is 5.26 Å². The number of anilines is 1. The molecule has 8 nitrogen and oxygen atoms in total. The van der Waals surface area contributed by atoms with Gasteiger partial charge in [-0.1, -0.05) is 23.4 Å². The van der Waals surface area contributed by atoms with Gasteiger partial charge >= 0.3 is 5.69 Å². The van der Waals surface area contributed by atoms with E-state index in [1.165, 1.54) is 16.7 Å². The number of halogens is 1. The predicted octanol–water partition coefficient (Wildman–Crippen LogP) is 1.86. The second-order valence-electron chi connectivity index (χ2n) is 4.95. The Labute approximate surface area is 153 Å². The standard InChI is InChI=1S/C15H16ClN5O3S/c1-24-6-2-5-21-14(23)19-20-15(21)25-9-13(22)18-12-7-11(16)4-3-10(12)8-17/h3-4,7H,2,5-6,9H2,1H3,(H,18,22)(H,19,23). The van der Waals surface area contributed by atoms with Crippen molar-refractivity contribution < 1.29 is 9.53 Å². The normalized spacial score (nSPS) is 10.4. The lowest BCUT2D eigenvalue weighted by molar-refractivity contribution is -0.113. The van der Waals surface area contributed by atoms with Crippen LogP contribution < -0.4 is 11.0 Å². The van der Waals surface area contributed by atoms with Crippen molar-refractivity contribution in [3.63, 3.8) is 0 Å². The molecule has 0 bridgehead atoms.